The zero-order valence-electron chi connectivity index (χ0n) is 16.8. The van der Waals surface area contributed by atoms with Crippen molar-refractivity contribution in [2.24, 2.45) is 23.5 Å². The van der Waals surface area contributed by atoms with Crippen LogP contribution in [0.25, 0.3) is 0 Å². The van der Waals surface area contributed by atoms with Gasteiger partial charge in [0.15, 0.2) is 0 Å². The Morgan fingerprint density at radius 3 is 2.31 bits per heavy atom. The molecule has 0 radical (unpaired) electrons. The summed E-state index contributed by atoms with van der Waals surface area (Å²) in [5.41, 5.74) is 6.74. The fourth-order valence-corrected chi connectivity index (χ4v) is 5.39. The number of hydrogen-bond acceptors (Lipinski definition) is 3. The van der Waals surface area contributed by atoms with Crippen LogP contribution < -0.4 is 5.73 Å². The van der Waals surface area contributed by atoms with E-state index in [-0.39, 0.29) is 36.2 Å². The Morgan fingerprint density at radius 2 is 1.62 bits per heavy atom. The molecule has 1 saturated heterocycles. The average Bonchev–Trinajstić information content (AvgIpc) is 2.93. The van der Waals surface area contributed by atoms with Crippen molar-refractivity contribution in [1.29, 1.82) is 0 Å². The number of hydrogen-bond donors (Lipinski definition) is 1. The second-order valence-corrected chi connectivity index (χ2v) is 8.68. The van der Waals surface area contributed by atoms with E-state index in [1.165, 1.54) is 18.6 Å². The lowest BCUT2D eigenvalue weighted by atomic mass is 9.65. The molecular weight excluding hydrogens is 393 g/mol. The first-order valence-electron chi connectivity index (χ1n) is 10.6. The lowest BCUT2D eigenvalue weighted by Crippen LogP contribution is -2.50. The van der Waals surface area contributed by atoms with E-state index in [0.29, 0.717) is 43.6 Å². The minimum atomic E-state index is -0.404. The first-order valence-corrected chi connectivity index (χ1v) is 10.6. The largest absolute Gasteiger partial charge is 0.341 e. The summed E-state index contributed by atoms with van der Waals surface area (Å²) >= 11 is 0. The predicted molar refractivity (Wildman–Crippen MR) is 112 cm³/mol. The molecule has 1 aromatic rings. The van der Waals surface area contributed by atoms with Gasteiger partial charge in [-0.2, -0.15) is 0 Å². The summed E-state index contributed by atoms with van der Waals surface area (Å²) in [7, 11) is 0. The van der Waals surface area contributed by atoms with Crippen LogP contribution in [-0.4, -0.2) is 53.8 Å². The molecule has 2 unspecified atom stereocenters. The molecule has 3 fully saturated rings. The van der Waals surface area contributed by atoms with Gasteiger partial charge in [-0.3, -0.25) is 9.59 Å². The highest BCUT2D eigenvalue weighted by Crippen LogP contribution is 2.42. The highest BCUT2D eigenvalue weighted by molar-refractivity contribution is 5.94. The molecule has 1 aromatic carbocycles. The Labute approximate surface area is 178 Å². The highest BCUT2D eigenvalue weighted by atomic mass is 35.5. The Hall–Kier alpha value is -1.66. The number of nitrogens with zero attached hydrogens (tertiary/aromatic N) is 2. The molecule has 2 bridgehead atoms. The minimum Gasteiger partial charge on any atom is -0.341 e. The summed E-state index contributed by atoms with van der Waals surface area (Å²) in [4.78, 5) is 29.5. The van der Waals surface area contributed by atoms with Crippen molar-refractivity contribution in [3.05, 3.63) is 35.6 Å². The topological polar surface area (TPSA) is 66.6 Å². The normalized spacial score (nSPS) is 29.6. The molecule has 3 aliphatic rings. The van der Waals surface area contributed by atoms with Gasteiger partial charge in [-0.25, -0.2) is 4.39 Å². The van der Waals surface area contributed by atoms with Crippen LogP contribution in [0, 0.1) is 23.6 Å². The van der Waals surface area contributed by atoms with Gasteiger partial charge in [0.05, 0.1) is 0 Å². The van der Waals surface area contributed by atoms with Gasteiger partial charge in [0, 0.05) is 43.7 Å². The van der Waals surface area contributed by atoms with E-state index in [0.717, 1.165) is 32.1 Å². The average molecular weight is 424 g/mol. The molecule has 29 heavy (non-hydrogen) atoms. The number of benzene rings is 1. The monoisotopic (exact) mass is 423 g/mol. The van der Waals surface area contributed by atoms with Crippen LogP contribution in [0.2, 0.25) is 0 Å². The first-order chi connectivity index (χ1) is 13.5. The van der Waals surface area contributed by atoms with E-state index >= 15 is 0 Å². The van der Waals surface area contributed by atoms with Crippen LogP contribution in [0.15, 0.2) is 24.3 Å². The molecule has 160 valence electrons. The molecule has 2 aliphatic carbocycles. The van der Waals surface area contributed by atoms with Crippen molar-refractivity contribution in [3.8, 4) is 0 Å². The van der Waals surface area contributed by atoms with Gasteiger partial charge in [0.25, 0.3) is 5.91 Å². The van der Waals surface area contributed by atoms with Gasteiger partial charge in [0.2, 0.25) is 5.91 Å². The van der Waals surface area contributed by atoms with Crippen molar-refractivity contribution < 1.29 is 14.0 Å². The third-order valence-corrected chi connectivity index (χ3v) is 6.93. The molecule has 2 N–H and O–H groups in total. The number of rotatable bonds is 2. The SMILES string of the molecule is Cl.NC1C2CCCC1CC(C(=O)N1CCCN(C(=O)c3cccc(F)c3)CC1)C2. The van der Waals surface area contributed by atoms with E-state index in [1.807, 2.05) is 4.90 Å². The van der Waals surface area contributed by atoms with Gasteiger partial charge < -0.3 is 15.5 Å². The van der Waals surface area contributed by atoms with Gasteiger partial charge >= 0.3 is 0 Å². The molecule has 4 rings (SSSR count). The summed E-state index contributed by atoms with van der Waals surface area (Å²) in [5, 5.41) is 0. The van der Waals surface area contributed by atoms with Gasteiger partial charge in [0.1, 0.15) is 5.82 Å². The number of halogens is 2. The highest BCUT2D eigenvalue weighted by Gasteiger charge is 2.41. The summed E-state index contributed by atoms with van der Waals surface area (Å²) in [6, 6.07) is 6.08. The molecule has 1 heterocycles. The zero-order valence-corrected chi connectivity index (χ0v) is 17.6. The standard InChI is InChI=1S/C22H30FN3O2.ClH/c23-19-7-2-6-17(14-19)21(27)25-8-3-9-26(11-10-25)22(28)18-12-15-4-1-5-16(13-18)20(15)24;/h2,6-7,14-16,18,20H,1,3-5,8-13,24H2;1H. The smallest absolute Gasteiger partial charge is 0.254 e. The third kappa shape index (κ3) is 4.75. The van der Waals surface area contributed by atoms with E-state index in [4.69, 9.17) is 5.73 Å². The molecule has 1 aliphatic heterocycles. The number of carbonyl (C=O) groups excluding carboxylic acids is 2. The fourth-order valence-electron chi connectivity index (χ4n) is 5.39. The molecule has 2 atom stereocenters. The van der Waals surface area contributed by atoms with Crippen LogP contribution in [-0.2, 0) is 4.79 Å². The minimum absolute atomic E-state index is 0. The maximum Gasteiger partial charge on any atom is 0.254 e. The van der Waals surface area contributed by atoms with Crippen LogP contribution in [0.5, 0.6) is 0 Å². The molecule has 7 heteroatoms. The summed E-state index contributed by atoms with van der Waals surface area (Å²) in [6.45, 7) is 2.33. The second-order valence-electron chi connectivity index (χ2n) is 8.68. The van der Waals surface area contributed by atoms with Gasteiger partial charge in [-0.1, -0.05) is 12.5 Å². The molecular formula is C22H31ClFN3O2. The number of carbonyl (C=O) groups is 2. The molecule has 0 aromatic heterocycles. The van der Waals surface area contributed by atoms with E-state index in [1.54, 1.807) is 17.0 Å². The zero-order chi connectivity index (χ0) is 19.7. The maximum absolute atomic E-state index is 13.4. The molecule has 2 saturated carbocycles. The lowest BCUT2D eigenvalue weighted by Gasteiger charge is -2.44. The quantitative estimate of drug-likeness (QED) is 0.794. The number of amides is 2. The van der Waals surface area contributed by atoms with E-state index in [2.05, 4.69) is 0 Å². The molecule has 2 amide bonds. The summed E-state index contributed by atoms with van der Waals surface area (Å²) in [6.07, 6.45) is 6.13. The van der Waals surface area contributed by atoms with Crippen LogP contribution in [0.4, 0.5) is 4.39 Å². The predicted octanol–water partition coefficient (Wildman–Crippen LogP) is 3.08. The Bertz CT molecular complexity index is 733. The Kier molecular flexibility index (Phi) is 7.17. The maximum atomic E-state index is 13.4. The van der Waals surface area contributed by atoms with Crippen molar-refractivity contribution >= 4 is 24.2 Å². The van der Waals surface area contributed by atoms with E-state index < -0.39 is 5.82 Å². The molecule has 5 nitrogen and oxygen atoms in total. The van der Waals surface area contributed by atoms with Gasteiger partial charge in [-0.15, -0.1) is 12.4 Å². The third-order valence-electron chi connectivity index (χ3n) is 6.93. The molecule has 0 spiro atoms. The Morgan fingerprint density at radius 1 is 0.966 bits per heavy atom. The number of nitrogens with two attached hydrogens (primary N) is 1. The van der Waals surface area contributed by atoms with E-state index in [9.17, 15) is 14.0 Å². The second kappa shape index (κ2) is 9.43. The van der Waals surface area contributed by atoms with Crippen molar-refractivity contribution in [1.82, 2.24) is 9.80 Å². The van der Waals surface area contributed by atoms with Gasteiger partial charge in [-0.05, 0) is 62.1 Å². The Balaban J connectivity index is 0.00000240. The summed E-state index contributed by atoms with van der Waals surface area (Å²) < 4.78 is 13.4. The van der Waals surface area contributed by atoms with Crippen molar-refractivity contribution in [2.45, 2.75) is 44.6 Å². The lowest BCUT2D eigenvalue weighted by molar-refractivity contribution is -0.138. The van der Waals surface area contributed by atoms with Crippen molar-refractivity contribution in [3.63, 3.8) is 0 Å². The van der Waals surface area contributed by atoms with Crippen LogP contribution in [0.3, 0.4) is 0 Å². The van der Waals surface area contributed by atoms with Crippen molar-refractivity contribution in [2.75, 3.05) is 26.2 Å². The fraction of sp³-hybridized carbons (Fsp3) is 0.636. The number of fused-ring (bicyclic) bond motifs is 2. The first kappa shape index (κ1) is 22.0. The van der Waals surface area contributed by atoms with Crippen LogP contribution >= 0.6 is 12.4 Å². The summed E-state index contributed by atoms with van der Waals surface area (Å²) in [5.74, 6) is 0.730. The van der Waals surface area contributed by atoms with Crippen LogP contribution in [0.1, 0.15) is 48.9 Å².